The highest BCUT2D eigenvalue weighted by Crippen LogP contribution is 2.40. The normalized spacial score (nSPS) is 20.6. The lowest BCUT2D eigenvalue weighted by Gasteiger charge is -2.55. The fourth-order valence-electron chi connectivity index (χ4n) is 5.05. The van der Waals surface area contributed by atoms with E-state index < -0.39 is 56.3 Å². The summed E-state index contributed by atoms with van der Waals surface area (Å²) >= 11 is 11.7. The second kappa shape index (κ2) is 11.4. The van der Waals surface area contributed by atoms with Crippen molar-refractivity contribution in [2.75, 3.05) is 19.1 Å². The van der Waals surface area contributed by atoms with Gasteiger partial charge in [-0.1, -0.05) is 41.0 Å². The lowest BCUT2D eigenvalue weighted by Crippen LogP contribution is -2.69. The van der Waals surface area contributed by atoms with Crippen molar-refractivity contribution in [2.24, 2.45) is 0 Å². The number of alkyl halides is 2. The number of esters is 1. The highest BCUT2D eigenvalue weighted by molar-refractivity contribution is 8.26. The molecule has 1 amide bonds. The van der Waals surface area contributed by atoms with Crippen LogP contribution in [0.15, 0.2) is 29.2 Å². The summed E-state index contributed by atoms with van der Waals surface area (Å²) in [6.07, 6.45) is 2.03. The molecule has 0 unspecified atom stereocenters. The van der Waals surface area contributed by atoms with Crippen molar-refractivity contribution < 1.29 is 28.2 Å². The fourth-order valence-corrected chi connectivity index (χ4v) is 5.88. The Morgan fingerprint density at radius 1 is 1.23 bits per heavy atom. The highest BCUT2D eigenvalue weighted by Gasteiger charge is 2.50. The Labute approximate surface area is 241 Å². The van der Waals surface area contributed by atoms with Gasteiger partial charge in [0.25, 0.3) is 5.91 Å². The second-order valence-electron chi connectivity index (χ2n) is 9.49. The summed E-state index contributed by atoms with van der Waals surface area (Å²) < 4.78 is 33.9. The SMILES string of the molecule is CN1C(=O)c2c(O)c(=O)c(C(=N)SC(=N)Cc3ccc(F)cc3F)cn2N(C)C12CCC(OC(=O)C(Cl)Cl)CC2. The zero-order chi connectivity index (χ0) is 29.5. The van der Waals surface area contributed by atoms with Gasteiger partial charge in [0.15, 0.2) is 11.4 Å². The minimum absolute atomic E-state index is 0.0425. The Bertz CT molecular complexity index is 1460. The first kappa shape index (κ1) is 29.8. The Morgan fingerprint density at radius 3 is 2.48 bits per heavy atom. The predicted octanol–water partition coefficient (Wildman–Crippen LogP) is 3.75. The molecule has 2 aliphatic rings. The number of aromatic hydroxyl groups is 1. The van der Waals surface area contributed by atoms with E-state index in [0.717, 1.165) is 6.07 Å². The number of aromatic nitrogens is 1. The molecule has 1 fully saturated rings. The van der Waals surface area contributed by atoms with E-state index in [1.165, 1.54) is 21.8 Å². The van der Waals surface area contributed by atoms with Crippen molar-refractivity contribution in [3.63, 3.8) is 0 Å². The number of benzene rings is 1. The molecule has 2 aromatic rings. The van der Waals surface area contributed by atoms with Gasteiger partial charge in [-0.15, -0.1) is 0 Å². The molecule has 1 spiro atoms. The largest absolute Gasteiger partial charge is 0.502 e. The third-order valence-electron chi connectivity index (χ3n) is 7.25. The average Bonchev–Trinajstić information content (AvgIpc) is 2.90. The molecule has 1 aliphatic heterocycles. The van der Waals surface area contributed by atoms with E-state index in [4.69, 9.17) is 38.8 Å². The third-order valence-corrected chi connectivity index (χ3v) is 8.42. The van der Waals surface area contributed by atoms with Crippen molar-refractivity contribution in [2.45, 2.75) is 48.7 Å². The lowest BCUT2D eigenvalue weighted by molar-refractivity contribution is -0.150. The number of fused-ring (bicyclic) bond motifs is 1. The van der Waals surface area contributed by atoms with Crippen molar-refractivity contribution in [1.82, 2.24) is 9.58 Å². The Morgan fingerprint density at radius 2 is 1.88 bits per heavy atom. The van der Waals surface area contributed by atoms with Gasteiger partial charge in [-0.25, -0.2) is 13.6 Å². The minimum Gasteiger partial charge on any atom is -0.502 e. The molecule has 4 rings (SSSR count). The van der Waals surface area contributed by atoms with E-state index in [9.17, 15) is 28.3 Å². The van der Waals surface area contributed by atoms with Crippen LogP contribution in [0.25, 0.3) is 0 Å². The van der Waals surface area contributed by atoms with Gasteiger partial charge in [0, 0.05) is 32.8 Å². The molecule has 0 atom stereocenters. The van der Waals surface area contributed by atoms with E-state index >= 15 is 0 Å². The molecule has 1 aromatic heterocycles. The zero-order valence-electron chi connectivity index (χ0n) is 21.3. The number of amides is 1. The van der Waals surface area contributed by atoms with E-state index in [1.807, 2.05) is 0 Å². The number of carbonyl (C=O) groups excluding carboxylic acids is 2. The lowest BCUT2D eigenvalue weighted by atomic mass is 9.84. The van der Waals surface area contributed by atoms with Crippen LogP contribution in [0.5, 0.6) is 5.75 Å². The monoisotopic (exact) mass is 615 g/mol. The predicted molar refractivity (Wildman–Crippen MR) is 147 cm³/mol. The summed E-state index contributed by atoms with van der Waals surface area (Å²) in [5.74, 6) is -3.83. The van der Waals surface area contributed by atoms with Crippen LogP contribution in [-0.2, 0) is 16.0 Å². The number of pyridine rings is 1. The Hall–Kier alpha value is -3.16. The van der Waals surface area contributed by atoms with Gasteiger partial charge >= 0.3 is 5.97 Å². The van der Waals surface area contributed by atoms with Crippen LogP contribution in [0.2, 0.25) is 0 Å². The van der Waals surface area contributed by atoms with E-state index in [1.54, 1.807) is 19.1 Å². The molecule has 1 aromatic carbocycles. The first-order chi connectivity index (χ1) is 18.8. The second-order valence-corrected chi connectivity index (χ2v) is 11.7. The Balaban J connectivity index is 1.59. The summed E-state index contributed by atoms with van der Waals surface area (Å²) in [5.41, 5.74) is -2.39. The number of hydrogen-bond donors (Lipinski definition) is 3. The summed E-state index contributed by atoms with van der Waals surface area (Å²) in [7, 11) is 3.21. The van der Waals surface area contributed by atoms with Crippen molar-refractivity contribution >= 4 is 56.9 Å². The molecule has 15 heteroatoms. The van der Waals surface area contributed by atoms with Gasteiger partial charge < -0.3 is 14.7 Å². The van der Waals surface area contributed by atoms with Gasteiger partial charge in [-0.2, -0.15) is 0 Å². The molecule has 0 saturated heterocycles. The number of carbonyl (C=O) groups is 2. The first-order valence-electron chi connectivity index (χ1n) is 12.0. The number of nitrogens with one attached hydrogen (secondary N) is 2. The van der Waals surface area contributed by atoms with Crippen LogP contribution in [0.4, 0.5) is 8.78 Å². The van der Waals surface area contributed by atoms with E-state index in [-0.39, 0.29) is 28.3 Å². The quantitative estimate of drug-likeness (QED) is 0.201. The molecule has 3 N–H and O–H groups in total. The van der Waals surface area contributed by atoms with Crippen LogP contribution in [-0.4, -0.2) is 67.3 Å². The van der Waals surface area contributed by atoms with Gasteiger partial charge in [-0.3, -0.25) is 30.1 Å². The smallest absolute Gasteiger partial charge is 0.339 e. The average molecular weight is 616 g/mol. The van der Waals surface area contributed by atoms with Crippen LogP contribution in [0.3, 0.4) is 0 Å². The number of rotatable bonds is 5. The summed E-state index contributed by atoms with van der Waals surface area (Å²) in [6, 6.07) is 2.94. The van der Waals surface area contributed by atoms with Crippen molar-refractivity contribution in [3.05, 3.63) is 63.1 Å². The number of ether oxygens (including phenoxy) is 1. The third kappa shape index (κ3) is 5.41. The van der Waals surface area contributed by atoms with E-state index in [0.29, 0.717) is 43.5 Å². The van der Waals surface area contributed by atoms with Crippen LogP contribution >= 0.6 is 35.0 Å². The van der Waals surface area contributed by atoms with Crippen LogP contribution in [0.1, 0.15) is 47.3 Å². The maximum atomic E-state index is 14.0. The maximum absolute atomic E-state index is 14.0. The molecule has 0 bridgehead atoms. The van der Waals surface area contributed by atoms with E-state index in [2.05, 4.69) is 0 Å². The number of hydrogen-bond acceptors (Lipinski definition) is 9. The molecule has 10 nitrogen and oxygen atoms in total. The molecular formula is C25H25Cl2F2N5O5S. The maximum Gasteiger partial charge on any atom is 0.339 e. The molecular weight excluding hydrogens is 591 g/mol. The number of halogens is 4. The number of thioether (sulfide) groups is 1. The van der Waals surface area contributed by atoms with Crippen LogP contribution in [0, 0.1) is 22.5 Å². The number of nitrogens with zero attached hydrogens (tertiary/aromatic N) is 3. The molecule has 2 heterocycles. The zero-order valence-corrected chi connectivity index (χ0v) is 23.7. The Kier molecular flexibility index (Phi) is 8.48. The van der Waals surface area contributed by atoms with Gasteiger partial charge in [0.1, 0.15) is 28.4 Å². The molecule has 40 heavy (non-hydrogen) atoms. The van der Waals surface area contributed by atoms with Crippen LogP contribution < -0.4 is 10.4 Å². The molecule has 214 valence electrons. The van der Waals surface area contributed by atoms with Gasteiger partial charge in [-0.05, 0) is 37.3 Å². The van der Waals surface area contributed by atoms with Gasteiger partial charge in [0.05, 0.1) is 10.6 Å². The molecule has 0 radical (unpaired) electrons. The fraction of sp³-hybridized carbons (Fsp3) is 0.400. The van der Waals surface area contributed by atoms with Gasteiger partial charge in [0.2, 0.25) is 10.3 Å². The summed E-state index contributed by atoms with van der Waals surface area (Å²) in [6.45, 7) is 0. The van der Waals surface area contributed by atoms with Crippen molar-refractivity contribution in [1.29, 1.82) is 10.8 Å². The van der Waals surface area contributed by atoms with Crippen molar-refractivity contribution in [3.8, 4) is 5.75 Å². The minimum atomic E-state index is -1.31. The molecule has 1 saturated carbocycles. The summed E-state index contributed by atoms with van der Waals surface area (Å²) in [5, 5.41) is 28.5. The first-order valence-corrected chi connectivity index (χ1v) is 13.7. The summed E-state index contributed by atoms with van der Waals surface area (Å²) in [4.78, 5) is 38.3. The molecule has 1 aliphatic carbocycles. The highest BCUT2D eigenvalue weighted by atomic mass is 35.5. The standard InChI is InChI=1S/C25H25Cl2F2N5O5S/c1-32-23(37)18-20(36)19(35)15(22(31)40-17(30)9-12-3-4-13(28)10-16(12)29)11-34(18)33(2)25(32)7-5-14(6-8-25)39-24(38)21(26)27/h3-4,10-11,14,21,30-31,36H,5-9H2,1-2H3. The topological polar surface area (TPSA) is 140 Å².